The van der Waals surface area contributed by atoms with Crippen LogP contribution in [-0.2, 0) is 0 Å². The van der Waals surface area contributed by atoms with Crippen LogP contribution in [0.5, 0.6) is 0 Å². The molecule has 3 nitrogen and oxygen atoms in total. The van der Waals surface area contributed by atoms with Gasteiger partial charge in [0.25, 0.3) is 0 Å². The van der Waals surface area contributed by atoms with E-state index in [1.165, 1.54) is 11.1 Å². The van der Waals surface area contributed by atoms with Gasteiger partial charge in [0.1, 0.15) is 0 Å². The molecular weight excluding hydrogens is 450 g/mol. The fraction of sp³-hybridized carbons (Fsp3) is 0. The molecule has 0 radical (unpaired) electrons. The minimum atomic E-state index is 0.174. The van der Waals surface area contributed by atoms with Gasteiger partial charge >= 0.3 is 0 Å². The van der Waals surface area contributed by atoms with Gasteiger partial charge in [-0.2, -0.15) is 9.97 Å². The number of aromatic nitrogens is 3. The molecule has 0 bridgehead atoms. The largest absolute Gasteiger partial charge is 0.226 e. The molecule has 0 saturated carbocycles. The second-order valence-corrected chi connectivity index (χ2v) is 8.64. The number of benzene rings is 5. The molecule has 0 aliphatic rings. The summed E-state index contributed by atoms with van der Waals surface area (Å²) in [5, 5.41) is 2.36. The van der Waals surface area contributed by atoms with Crippen LogP contribution < -0.4 is 0 Å². The highest BCUT2D eigenvalue weighted by Crippen LogP contribution is 2.32. The van der Waals surface area contributed by atoms with Crippen LogP contribution in [0.15, 0.2) is 121 Å². The monoisotopic (exact) mass is 469 g/mol. The van der Waals surface area contributed by atoms with Gasteiger partial charge in [-0.25, -0.2) is 4.98 Å². The van der Waals surface area contributed by atoms with E-state index in [1.807, 2.05) is 48.5 Å². The molecule has 0 spiro atoms. The van der Waals surface area contributed by atoms with E-state index >= 15 is 0 Å². The molecule has 1 heterocycles. The van der Waals surface area contributed by atoms with Crippen LogP contribution >= 0.6 is 11.6 Å². The first kappa shape index (κ1) is 21.2. The maximum atomic E-state index is 6.40. The maximum absolute atomic E-state index is 6.40. The summed E-state index contributed by atoms with van der Waals surface area (Å²) in [4.78, 5) is 13.8. The highest BCUT2D eigenvalue weighted by atomic mass is 35.5. The molecule has 166 valence electrons. The Hall–Kier alpha value is -4.34. The van der Waals surface area contributed by atoms with Crippen molar-refractivity contribution in [3.05, 3.63) is 127 Å². The third kappa shape index (κ3) is 4.30. The first-order chi connectivity index (χ1) is 17.2. The van der Waals surface area contributed by atoms with Crippen LogP contribution in [0.4, 0.5) is 0 Å². The van der Waals surface area contributed by atoms with Gasteiger partial charge in [-0.05, 0) is 56.8 Å². The molecule has 0 atom stereocenters. The van der Waals surface area contributed by atoms with Gasteiger partial charge in [0.2, 0.25) is 5.28 Å². The summed E-state index contributed by atoms with van der Waals surface area (Å²) in [6.07, 6.45) is 0. The molecule has 6 rings (SSSR count). The number of hydrogen-bond donors (Lipinski definition) is 0. The Balaban J connectivity index is 1.44. The van der Waals surface area contributed by atoms with Gasteiger partial charge in [-0.3, -0.25) is 0 Å². The van der Waals surface area contributed by atoms with Crippen molar-refractivity contribution in [1.82, 2.24) is 15.0 Å². The fourth-order valence-corrected chi connectivity index (χ4v) is 4.52. The third-order valence-electron chi connectivity index (χ3n) is 6.06. The van der Waals surface area contributed by atoms with Crippen LogP contribution in [-0.4, -0.2) is 15.0 Å². The molecule has 35 heavy (non-hydrogen) atoms. The predicted molar refractivity (Wildman–Crippen MR) is 144 cm³/mol. The molecule has 0 unspecified atom stereocenters. The second kappa shape index (κ2) is 9.13. The molecule has 0 N–H and O–H groups in total. The Kier molecular flexibility index (Phi) is 5.53. The molecule has 0 aliphatic carbocycles. The number of rotatable bonds is 4. The lowest BCUT2D eigenvalue weighted by Gasteiger charge is -2.10. The van der Waals surface area contributed by atoms with Gasteiger partial charge in [0, 0.05) is 11.1 Å². The minimum absolute atomic E-state index is 0.174. The lowest BCUT2D eigenvalue weighted by atomic mass is 9.98. The number of hydrogen-bond acceptors (Lipinski definition) is 3. The molecule has 0 saturated heterocycles. The lowest BCUT2D eigenvalue weighted by Crippen LogP contribution is -1.98. The highest BCUT2D eigenvalue weighted by molar-refractivity contribution is 6.28. The second-order valence-electron chi connectivity index (χ2n) is 8.31. The zero-order chi connectivity index (χ0) is 23.6. The Morgan fingerprint density at radius 1 is 0.429 bits per heavy atom. The van der Waals surface area contributed by atoms with Crippen molar-refractivity contribution in [2.75, 3.05) is 0 Å². The summed E-state index contributed by atoms with van der Waals surface area (Å²) in [6.45, 7) is 0. The van der Waals surface area contributed by atoms with Crippen molar-refractivity contribution in [2.24, 2.45) is 0 Å². The van der Waals surface area contributed by atoms with Gasteiger partial charge in [0.15, 0.2) is 11.6 Å². The van der Waals surface area contributed by atoms with Crippen molar-refractivity contribution < 1.29 is 0 Å². The standard InChI is InChI=1S/C31H20ClN3/c32-31-34-29(26-15-7-13-23(20-26)21-9-3-1-4-10-21)33-30(35-31)28-16-8-14-25-19-24(17-18-27(25)28)22-11-5-2-6-12-22/h1-20H. The van der Waals surface area contributed by atoms with E-state index in [4.69, 9.17) is 16.6 Å². The van der Waals surface area contributed by atoms with Gasteiger partial charge in [0.05, 0.1) is 0 Å². The average Bonchev–Trinajstić information content (AvgIpc) is 2.93. The summed E-state index contributed by atoms with van der Waals surface area (Å²) in [5.41, 5.74) is 6.40. The lowest BCUT2D eigenvalue weighted by molar-refractivity contribution is 1.07. The summed E-state index contributed by atoms with van der Waals surface area (Å²) in [6, 6.07) is 41.4. The Morgan fingerprint density at radius 2 is 1.03 bits per heavy atom. The van der Waals surface area contributed by atoms with Crippen molar-refractivity contribution in [2.45, 2.75) is 0 Å². The average molecular weight is 470 g/mol. The van der Waals surface area contributed by atoms with Gasteiger partial charge in [-0.1, -0.05) is 109 Å². The highest BCUT2D eigenvalue weighted by Gasteiger charge is 2.13. The fourth-order valence-electron chi connectivity index (χ4n) is 4.36. The van der Waals surface area contributed by atoms with E-state index in [1.54, 1.807) is 0 Å². The topological polar surface area (TPSA) is 38.7 Å². The molecule has 0 amide bonds. The van der Waals surface area contributed by atoms with Crippen molar-refractivity contribution >= 4 is 22.4 Å². The van der Waals surface area contributed by atoms with Crippen LogP contribution in [0, 0.1) is 0 Å². The number of fused-ring (bicyclic) bond motifs is 1. The molecule has 0 fully saturated rings. The third-order valence-corrected chi connectivity index (χ3v) is 6.23. The van der Waals surface area contributed by atoms with E-state index in [2.05, 4.69) is 82.8 Å². The smallest absolute Gasteiger partial charge is 0.208 e. The van der Waals surface area contributed by atoms with E-state index in [0.717, 1.165) is 33.0 Å². The summed E-state index contributed by atoms with van der Waals surface area (Å²) in [7, 11) is 0. The predicted octanol–water partition coefficient (Wildman–Crippen LogP) is 8.35. The molecule has 5 aromatic carbocycles. The van der Waals surface area contributed by atoms with Gasteiger partial charge < -0.3 is 0 Å². The van der Waals surface area contributed by atoms with Crippen LogP contribution in [0.1, 0.15) is 0 Å². The molecule has 4 heteroatoms. The summed E-state index contributed by atoms with van der Waals surface area (Å²) >= 11 is 6.40. The zero-order valence-electron chi connectivity index (χ0n) is 18.8. The van der Waals surface area contributed by atoms with Crippen molar-refractivity contribution in [3.8, 4) is 45.0 Å². The summed E-state index contributed by atoms with van der Waals surface area (Å²) in [5.74, 6) is 1.11. The first-order valence-corrected chi connectivity index (χ1v) is 11.8. The molecule has 6 aromatic rings. The van der Waals surface area contributed by atoms with E-state index in [-0.39, 0.29) is 5.28 Å². The molecule has 0 aliphatic heterocycles. The normalized spacial score (nSPS) is 11.0. The number of halogens is 1. The summed E-state index contributed by atoms with van der Waals surface area (Å²) < 4.78 is 0. The van der Waals surface area contributed by atoms with E-state index in [9.17, 15) is 0 Å². The minimum Gasteiger partial charge on any atom is -0.208 e. The SMILES string of the molecule is Clc1nc(-c2cccc(-c3ccccc3)c2)nc(-c2cccc3cc(-c4ccccc4)ccc23)n1. The number of nitrogens with zero attached hydrogens (tertiary/aromatic N) is 3. The molecular formula is C31H20ClN3. The Bertz CT molecular complexity index is 1650. The van der Waals surface area contributed by atoms with Crippen molar-refractivity contribution in [3.63, 3.8) is 0 Å². The molecule has 1 aromatic heterocycles. The Labute approximate surface area is 208 Å². The first-order valence-electron chi connectivity index (χ1n) is 11.4. The maximum Gasteiger partial charge on any atom is 0.226 e. The van der Waals surface area contributed by atoms with E-state index in [0.29, 0.717) is 11.6 Å². The van der Waals surface area contributed by atoms with Crippen molar-refractivity contribution in [1.29, 1.82) is 0 Å². The van der Waals surface area contributed by atoms with Crippen LogP contribution in [0.3, 0.4) is 0 Å². The zero-order valence-corrected chi connectivity index (χ0v) is 19.5. The quantitative estimate of drug-likeness (QED) is 0.260. The van der Waals surface area contributed by atoms with E-state index < -0.39 is 0 Å². The Morgan fingerprint density at radius 3 is 1.77 bits per heavy atom. The van der Waals surface area contributed by atoms with Gasteiger partial charge in [-0.15, -0.1) is 0 Å². The van der Waals surface area contributed by atoms with Crippen LogP contribution in [0.2, 0.25) is 5.28 Å². The van der Waals surface area contributed by atoms with Crippen LogP contribution in [0.25, 0.3) is 55.8 Å².